The largest absolute Gasteiger partial charge is 0.403 e. The van der Waals surface area contributed by atoms with Crippen LogP contribution in [0.25, 0.3) is 0 Å². The fraction of sp³-hybridized carbons (Fsp3) is 0.556. The molecule has 0 heterocycles. The third kappa shape index (κ3) is 4.19. The molecule has 0 bridgehead atoms. The summed E-state index contributed by atoms with van der Waals surface area (Å²) in [5, 5.41) is 0. The Morgan fingerprint density at radius 1 is 1.50 bits per heavy atom. The molecule has 10 heavy (non-hydrogen) atoms. The molecular formula is C9H17N. The van der Waals surface area contributed by atoms with Crippen molar-refractivity contribution < 1.29 is 0 Å². The Bertz CT molecular complexity index is 136. The van der Waals surface area contributed by atoms with E-state index in [4.69, 9.17) is 5.73 Å². The number of hydrogen-bond donors (Lipinski definition) is 1. The van der Waals surface area contributed by atoms with Crippen LogP contribution in [0.1, 0.15) is 26.7 Å². The molecule has 0 spiro atoms. The molecule has 0 radical (unpaired) electrons. The van der Waals surface area contributed by atoms with Gasteiger partial charge in [-0.3, -0.25) is 0 Å². The first-order valence-electron chi connectivity index (χ1n) is 3.62. The number of hydrogen-bond acceptors (Lipinski definition) is 1. The summed E-state index contributed by atoms with van der Waals surface area (Å²) in [5.74, 6) is 0.570. The molecule has 0 saturated heterocycles. The van der Waals surface area contributed by atoms with Crippen molar-refractivity contribution in [1.29, 1.82) is 0 Å². The second kappa shape index (κ2) is 4.15. The minimum Gasteiger partial charge on any atom is -0.403 e. The second-order valence-corrected chi connectivity index (χ2v) is 2.94. The van der Waals surface area contributed by atoms with Crippen LogP contribution in [0.5, 0.6) is 0 Å². The van der Waals surface area contributed by atoms with E-state index in [0.717, 1.165) is 18.5 Å². The van der Waals surface area contributed by atoms with Crippen LogP contribution in [0.2, 0.25) is 0 Å². The lowest BCUT2D eigenvalue weighted by molar-refractivity contribution is 0.611. The van der Waals surface area contributed by atoms with Crippen LogP contribution in [0.4, 0.5) is 0 Å². The van der Waals surface area contributed by atoms with Crippen molar-refractivity contribution in [3.63, 3.8) is 0 Å². The second-order valence-electron chi connectivity index (χ2n) is 2.94. The molecule has 0 aliphatic heterocycles. The maximum absolute atomic E-state index is 5.42. The molecule has 0 aliphatic rings. The highest BCUT2D eigenvalue weighted by molar-refractivity contribution is 4.96. The average molecular weight is 139 g/mol. The first-order valence-corrected chi connectivity index (χ1v) is 3.62. The van der Waals surface area contributed by atoms with E-state index in [1.54, 1.807) is 0 Å². The van der Waals surface area contributed by atoms with Crippen molar-refractivity contribution in [2.24, 2.45) is 11.7 Å². The van der Waals surface area contributed by atoms with Gasteiger partial charge in [0.25, 0.3) is 0 Å². The number of nitrogens with two attached hydrogens (primary N) is 1. The fourth-order valence-electron chi connectivity index (χ4n) is 0.648. The van der Waals surface area contributed by atoms with Crippen molar-refractivity contribution in [3.05, 3.63) is 24.4 Å². The maximum atomic E-state index is 5.42. The van der Waals surface area contributed by atoms with Gasteiger partial charge in [-0.05, 0) is 25.7 Å². The molecule has 58 valence electrons. The highest BCUT2D eigenvalue weighted by atomic mass is 14.6. The molecule has 1 heteroatoms. The summed E-state index contributed by atoms with van der Waals surface area (Å²) in [6, 6.07) is 0. The molecule has 0 rings (SSSR count). The zero-order valence-electron chi connectivity index (χ0n) is 6.98. The Kier molecular flexibility index (Phi) is 3.85. The Morgan fingerprint density at radius 3 is 2.30 bits per heavy atom. The van der Waals surface area contributed by atoms with Gasteiger partial charge in [-0.2, -0.15) is 0 Å². The molecule has 2 N–H and O–H groups in total. The van der Waals surface area contributed by atoms with Gasteiger partial charge in [0.1, 0.15) is 0 Å². The summed E-state index contributed by atoms with van der Waals surface area (Å²) in [6.45, 7) is 11.7. The van der Waals surface area contributed by atoms with E-state index in [9.17, 15) is 0 Å². The van der Waals surface area contributed by atoms with Gasteiger partial charge in [0.05, 0.1) is 0 Å². The van der Waals surface area contributed by atoms with E-state index >= 15 is 0 Å². The van der Waals surface area contributed by atoms with Gasteiger partial charge in [-0.1, -0.05) is 25.7 Å². The van der Waals surface area contributed by atoms with Crippen LogP contribution in [0, 0.1) is 5.92 Å². The van der Waals surface area contributed by atoms with Gasteiger partial charge in [-0.15, -0.1) is 0 Å². The molecule has 1 atom stereocenters. The summed E-state index contributed by atoms with van der Waals surface area (Å²) < 4.78 is 0. The van der Waals surface area contributed by atoms with Crippen LogP contribution in [-0.2, 0) is 0 Å². The average Bonchev–Trinajstić information content (AvgIpc) is 1.82. The van der Waals surface area contributed by atoms with Crippen LogP contribution in [0.3, 0.4) is 0 Å². The quantitative estimate of drug-likeness (QED) is 0.595. The molecule has 0 aromatic carbocycles. The summed E-state index contributed by atoms with van der Waals surface area (Å²) in [6.07, 6.45) is 1.98. The first kappa shape index (κ1) is 9.28. The molecule has 0 saturated carbocycles. The third-order valence-corrected chi connectivity index (χ3v) is 1.74. The first-order chi connectivity index (χ1) is 4.54. The lowest BCUT2D eigenvalue weighted by Crippen LogP contribution is -2.00. The molecule has 0 aliphatic carbocycles. The Morgan fingerprint density at radius 2 is 2.00 bits per heavy atom. The van der Waals surface area contributed by atoms with Crippen LogP contribution >= 0.6 is 0 Å². The minimum absolute atomic E-state index is 0.570. The van der Waals surface area contributed by atoms with Gasteiger partial charge in [0, 0.05) is 5.70 Å². The third-order valence-electron chi connectivity index (χ3n) is 1.74. The lowest BCUT2D eigenvalue weighted by atomic mass is 9.98. The van der Waals surface area contributed by atoms with Crippen molar-refractivity contribution in [2.75, 3.05) is 0 Å². The fourth-order valence-corrected chi connectivity index (χ4v) is 0.648. The maximum Gasteiger partial charge on any atom is 0.000765 e. The lowest BCUT2D eigenvalue weighted by Gasteiger charge is -2.09. The van der Waals surface area contributed by atoms with Crippen molar-refractivity contribution >= 4 is 0 Å². The molecular weight excluding hydrogens is 122 g/mol. The van der Waals surface area contributed by atoms with E-state index < -0.39 is 0 Å². The molecule has 1 nitrogen and oxygen atoms in total. The molecule has 0 aromatic rings. The SMILES string of the molecule is C=C(N)CCC(C)C(=C)C. The molecule has 0 aromatic heterocycles. The highest BCUT2D eigenvalue weighted by Crippen LogP contribution is 2.14. The van der Waals surface area contributed by atoms with Crippen molar-refractivity contribution in [2.45, 2.75) is 26.7 Å². The van der Waals surface area contributed by atoms with Gasteiger partial charge < -0.3 is 5.73 Å². The van der Waals surface area contributed by atoms with E-state index in [0.29, 0.717) is 5.92 Å². The molecule has 0 amide bonds. The molecule has 0 fully saturated rings. The molecule has 1 unspecified atom stereocenters. The van der Waals surface area contributed by atoms with Gasteiger partial charge in [0.2, 0.25) is 0 Å². The van der Waals surface area contributed by atoms with Gasteiger partial charge in [0.15, 0.2) is 0 Å². The standard InChI is InChI=1S/C9H17N/c1-7(2)8(3)5-6-9(4)10/h8H,1,4-6,10H2,2-3H3. The number of allylic oxidation sites excluding steroid dienone is 2. The minimum atomic E-state index is 0.570. The normalized spacial score (nSPS) is 12.6. The van der Waals surface area contributed by atoms with E-state index in [2.05, 4.69) is 20.1 Å². The van der Waals surface area contributed by atoms with Gasteiger partial charge >= 0.3 is 0 Å². The predicted molar refractivity (Wildman–Crippen MR) is 46.5 cm³/mol. The van der Waals surface area contributed by atoms with E-state index in [-0.39, 0.29) is 0 Å². The smallest absolute Gasteiger partial charge is 0.000765 e. The summed E-state index contributed by atoms with van der Waals surface area (Å²) >= 11 is 0. The zero-order chi connectivity index (χ0) is 8.15. The monoisotopic (exact) mass is 139 g/mol. The topological polar surface area (TPSA) is 26.0 Å². The summed E-state index contributed by atoms with van der Waals surface area (Å²) in [7, 11) is 0. The van der Waals surface area contributed by atoms with Crippen molar-refractivity contribution in [3.8, 4) is 0 Å². The highest BCUT2D eigenvalue weighted by Gasteiger charge is 2.01. The van der Waals surface area contributed by atoms with Crippen LogP contribution in [0.15, 0.2) is 24.4 Å². The predicted octanol–water partition coefficient (Wildman–Crippen LogP) is 2.45. The van der Waals surface area contributed by atoms with Gasteiger partial charge in [-0.25, -0.2) is 0 Å². The Labute approximate surface area is 63.6 Å². The Balaban J connectivity index is 3.49. The zero-order valence-corrected chi connectivity index (χ0v) is 6.98. The van der Waals surface area contributed by atoms with E-state index in [1.807, 2.05) is 6.92 Å². The summed E-state index contributed by atoms with van der Waals surface area (Å²) in [5.41, 5.74) is 7.41. The van der Waals surface area contributed by atoms with E-state index in [1.165, 1.54) is 5.57 Å². The van der Waals surface area contributed by atoms with Crippen LogP contribution < -0.4 is 5.73 Å². The van der Waals surface area contributed by atoms with Crippen molar-refractivity contribution in [1.82, 2.24) is 0 Å². The Hall–Kier alpha value is -0.720. The summed E-state index contributed by atoms with van der Waals surface area (Å²) in [4.78, 5) is 0. The number of rotatable bonds is 4. The van der Waals surface area contributed by atoms with Crippen LogP contribution in [-0.4, -0.2) is 0 Å².